The van der Waals surface area contributed by atoms with Gasteiger partial charge in [0.15, 0.2) is 5.75 Å². The number of rotatable bonds is 2. The maximum atomic E-state index is 13.4. The van der Waals surface area contributed by atoms with Gasteiger partial charge in [-0.1, -0.05) is 13.8 Å². The molecule has 0 aliphatic carbocycles. The molecule has 1 aliphatic heterocycles. The molecule has 4 nitrogen and oxygen atoms in total. The van der Waals surface area contributed by atoms with Gasteiger partial charge in [-0.05, 0) is 25.8 Å². The monoisotopic (exact) mass is 282 g/mol. The summed E-state index contributed by atoms with van der Waals surface area (Å²) in [5.41, 5.74) is 1.11. The zero-order valence-electron chi connectivity index (χ0n) is 11.8. The average molecular weight is 282 g/mol. The molecule has 0 amide bonds. The van der Waals surface area contributed by atoms with Crippen LogP contribution >= 0.6 is 0 Å². The van der Waals surface area contributed by atoms with Crippen molar-refractivity contribution in [3.63, 3.8) is 0 Å². The van der Waals surface area contributed by atoms with Crippen molar-refractivity contribution in [1.29, 1.82) is 0 Å². The van der Waals surface area contributed by atoms with Crippen molar-refractivity contribution in [3.8, 4) is 11.5 Å². The van der Waals surface area contributed by atoms with Gasteiger partial charge in [0.05, 0.1) is 0 Å². The fourth-order valence-electron chi connectivity index (χ4n) is 2.31. The quantitative estimate of drug-likeness (QED) is 0.833. The molecule has 0 atom stereocenters. The molecule has 1 aliphatic rings. The molecular weight excluding hydrogens is 266 g/mol. The van der Waals surface area contributed by atoms with Gasteiger partial charge >= 0.3 is 6.29 Å². The summed E-state index contributed by atoms with van der Waals surface area (Å²) in [5.74, 6) is 0.190. The van der Waals surface area contributed by atoms with E-state index in [1.54, 1.807) is 4.68 Å². The van der Waals surface area contributed by atoms with Crippen LogP contribution in [0.25, 0.3) is 10.9 Å². The largest absolute Gasteiger partial charge is 0.586 e. The summed E-state index contributed by atoms with van der Waals surface area (Å²) < 4.78 is 37.8. The zero-order chi connectivity index (χ0) is 14.7. The second kappa shape index (κ2) is 4.07. The van der Waals surface area contributed by atoms with E-state index in [4.69, 9.17) is 0 Å². The highest BCUT2D eigenvalue weighted by Gasteiger charge is 2.46. The maximum Gasteiger partial charge on any atom is 0.586 e. The summed E-state index contributed by atoms with van der Waals surface area (Å²) in [6.07, 6.45) is -1.78. The Hall–Kier alpha value is -1.85. The Morgan fingerprint density at radius 1 is 1.15 bits per heavy atom. The highest BCUT2D eigenvalue weighted by molar-refractivity contribution is 5.89. The van der Waals surface area contributed by atoms with Crippen molar-refractivity contribution in [1.82, 2.24) is 9.78 Å². The van der Waals surface area contributed by atoms with Crippen LogP contribution in [-0.4, -0.2) is 16.1 Å². The first-order chi connectivity index (χ1) is 9.28. The maximum absolute atomic E-state index is 13.4. The SMILES string of the molecule is CC(C)c1cc2cn(C(C)C)nc2c2c1OC(F)(F)O2. The third kappa shape index (κ3) is 1.90. The predicted molar refractivity (Wildman–Crippen MR) is 70.4 cm³/mol. The summed E-state index contributed by atoms with van der Waals surface area (Å²) in [6, 6.07) is 1.98. The van der Waals surface area contributed by atoms with E-state index >= 15 is 0 Å². The first-order valence-corrected chi connectivity index (χ1v) is 6.60. The smallest absolute Gasteiger partial charge is 0.395 e. The van der Waals surface area contributed by atoms with Crippen LogP contribution in [0, 0.1) is 0 Å². The second-order valence-electron chi connectivity index (χ2n) is 5.59. The summed E-state index contributed by atoms with van der Waals surface area (Å²) >= 11 is 0. The van der Waals surface area contributed by atoms with Crippen molar-refractivity contribution in [2.75, 3.05) is 0 Å². The number of alkyl halides is 2. The molecular formula is C14H16F2N2O2. The minimum atomic E-state index is -3.62. The molecule has 0 fully saturated rings. The molecule has 6 heteroatoms. The predicted octanol–water partition coefficient (Wildman–Crippen LogP) is 4.06. The molecule has 0 radical (unpaired) electrons. The van der Waals surface area contributed by atoms with Crippen LogP contribution in [0.2, 0.25) is 0 Å². The Morgan fingerprint density at radius 2 is 1.80 bits per heavy atom. The molecule has 2 aromatic rings. The fraction of sp³-hybridized carbons (Fsp3) is 0.500. The Morgan fingerprint density at radius 3 is 2.40 bits per heavy atom. The molecule has 2 heterocycles. The van der Waals surface area contributed by atoms with Crippen LogP contribution in [0.3, 0.4) is 0 Å². The summed E-state index contributed by atoms with van der Waals surface area (Å²) in [4.78, 5) is 0. The lowest BCUT2D eigenvalue weighted by Crippen LogP contribution is -2.26. The summed E-state index contributed by atoms with van der Waals surface area (Å²) in [5, 5.41) is 5.11. The first kappa shape index (κ1) is 13.1. The third-order valence-electron chi connectivity index (χ3n) is 3.35. The van der Waals surface area contributed by atoms with Gasteiger partial charge in [0.1, 0.15) is 5.52 Å². The van der Waals surface area contributed by atoms with Gasteiger partial charge in [-0.2, -0.15) is 5.10 Å². The van der Waals surface area contributed by atoms with E-state index in [2.05, 4.69) is 14.6 Å². The zero-order valence-corrected chi connectivity index (χ0v) is 11.8. The van der Waals surface area contributed by atoms with Gasteiger partial charge in [-0.15, -0.1) is 8.78 Å². The Balaban J connectivity index is 2.28. The van der Waals surface area contributed by atoms with Crippen LogP contribution < -0.4 is 9.47 Å². The molecule has 0 saturated heterocycles. The van der Waals surface area contributed by atoms with Gasteiger partial charge in [-0.3, -0.25) is 4.68 Å². The second-order valence-corrected chi connectivity index (χ2v) is 5.59. The normalized spacial score (nSPS) is 16.6. The third-order valence-corrected chi connectivity index (χ3v) is 3.35. The molecule has 0 saturated carbocycles. The van der Waals surface area contributed by atoms with E-state index in [0.29, 0.717) is 11.1 Å². The van der Waals surface area contributed by atoms with Crippen molar-refractivity contribution in [3.05, 3.63) is 17.8 Å². The highest BCUT2D eigenvalue weighted by Crippen LogP contribution is 2.49. The van der Waals surface area contributed by atoms with E-state index in [9.17, 15) is 8.78 Å². The standard InChI is InChI=1S/C14H16F2N2O2/c1-7(2)10-5-9-6-18(8(3)4)17-11(9)13-12(10)19-14(15,16)20-13/h5-8H,1-4H3. The molecule has 20 heavy (non-hydrogen) atoms. The van der Waals surface area contributed by atoms with Crippen LogP contribution in [0.4, 0.5) is 8.78 Å². The molecule has 1 aromatic heterocycles. The van der Waals surface area contributed by atoms with E-state index in [1.165, 1.54) is 0 Å². The van der Waals surface area contributed by atoms with Crippen molar-refractivity contribution in [2.45, 2.75) is 45.9 Å². The van der Waals surface area contributed by atoms with Gasteiger partial charge in [0.25, 0.3) is 0 Å². The van der Waals surface area contributed by atoms with Crippen molar-refractivity contribution in [2.24, 2.45) is 0 Å². The van der Waals surface area contributed by atoms with Crippen molar-refractivity contribution >= 4 is 10.9 Å². The number of hydrogen-bond donors (Lipinski definition) is 0. The lowest BCUT2D eigenvalue weighted by molar-refractivity contribution is -0.286. The Labute approximate surface area is 115 Å². The minimum Gasteiger partial charge on any atom is -0.395 e. The van der Waals surface area contributed by atoms with Gasteiger partial charge in [0, 0.05) is 23.2 Å². The van der Waals surface area contributed by atoms with Crippen LogP contribution in [0.1, 0.15) is 45.2 Å². The number of nitrogens with zero attached hydrogens (tertiary/aromatic N) is 2. The van der Waals surface area contributed by atoms with Gasteiger partial charge in [-0.25, -0.2) is 0 Å². The van der Waals surface area contributed by atoms with E-state index < -0.39 is 6.29 Å². The summed E-state index contributed by atoms with van der Waals surface area (Å²) in [7, 11) is 0. The Kier molecular flexibility index (Phi) is 2.68. The average Bonchev–Trinajstić information content (AvgIpc) is 2.86. The number of ether oxygens (including phenoxy) is 2. The molecule has 0 unspecified atom stereocenters. The molecule has 0 bridgehead atoms. The van der Waals surface area contributed by atoms with Crippen LogP contribution in [0.5, 0.6) is 11.5 Å². The molecule has 3 rings (SSSR count). The van der Waals surface area contributed by atoms with Gasteiger partial charge in [0.2, 0.25) is 5.75 Å². The Bertz CT molecular complexity index is 677. The molecule has 108 valence electrons. The van der Waals surface area contributed by atoms with Crippen LogP contribution in [-0.2, 0) is 0 Å². The lowest BCUT2D eigenvalue weighted by Gasteiger charge is -2.09. The highest BCUT2D eigenvalue weighted by atomic mass is 19.3. The number of hydrogen-bond acceptors (Lipinski definition) is 3. The van der Waals surface area contributed by atoms with E-state index in [0.717, 1.165) is 5.39 Å². The van der Waals surface area contributed by atoms with E-state index in [-0.39, 0.29) is 23.5 Å². The topological polar surface area (TPSA) is 36.3 Å². The van der Waals surface area contributed by atoms with E-state index in [1.807, 2.05) is 40.0 Å². The van der Waals surface area contributed by atoms with Crippen molar-refractivity contribution < 1.29 is 18.3 Å². The summed E-state index contributed by atoms with van der Waals surface area (Å²) in [6.45, 7) is 7.80. The number of halogens is 2. The minimum absolute atomic E-state index is 0.0376. The van der Waals surface area contributed by atoms with Crippen LogP contribution in [0.15, 0.2) is 12.3 Å². The molecule has 1 aromatic carbocycles. The fourth-order valence-corrected chi connectivity index (χ4v) is 2.31. The first-order valence-electron chi connectivity index (χ1n) is 6.60. The number of fused-ring (bicyclic) bond motifs is 3. The number of benzene rings is 1. The lowest BCUT2D eigenvalue weighted by atomic mass is 10.00. The van der Waals surface area contributed by atoms with Gasteiger partial charge < -0.3 is 9.47 Å². The number of aromatic nitrogens is 2. The molecule has 0 spiro atoms. The molecule has 0 N–H and O–H groups in total.